The predicted octanol–water partition coefficient (Wildman–Crippen LogP) is 3.82. The van der Waals surface area contributed by atoms with E-state index in [1.165, 1.54) is 0 Å². The van der Waals surface area contributed by atoms with E-state index < -0.39 is 17.5 Å². The number of aromatic nitrogens is 3. The molecule has 0 unspecified atom stereocenters. The summed E-state index contributed by atoms with van der Waals surface area (Å²) in [5, 5.41) is 8.07. The number of aryl methyl sites for hydroxylation is 1. The lowest BCUT2D eigenvalue weighted by molar-refractivity contribution is -0.0895. The Balaban J connectivity index is 1.61. The SMILES string of the molecule is CC1(C)OC(c2cccc(OCCCn3cc(C=O)nn3)c2Cl)OC1(C)C. The van der Waals surface area contributed by atoms with Crippen molar-refractivity contribution in [1.82, 2.24) is 15.0 Å². The van der Waals surface area contributed by atoms with Gasteiger partial charge in [-0.15, -0.1) is 5.10 Å². The third kappa shape index (κ3) is 4.15. The minimum Gasteiger partial charge on any atom is -0.492 e. The van der Waals surface area contributed by atoms with Crippen LogP contribution in [0.15, 0.2) is 24.4 Å². The van der Waals surface area contributed by atoms with E-state index in [9.17, 15) is 4.79 Å². The van der Waals surface area contributed by atoms with Crippen LogP contribution < -0.4 is 4.74 Å². The van der Waals surface area contributed by atoms with Gasteiger partial charge in [-0.2, -0.15) is 0 Å². The second-order valence-corrected chi connectivity index (χ2v) is 7.85. The first-order chi connectivity index (χ1) is 12.7. The third-order valence-electron chi connectivity index (χ3n) is 4.97. The number of hydrogen-bond donors (Lipinski definition) is 0. The summed E-state index contributed by atoms with van der Waals surface area (Å²) in [6, 6.07) is 5.57. The van der Waals surface area contributed by atoms with Crippen molar-refractivity contribution in [3.05, 3.63) is 40.7 Å². The fourth-order valence-corrected chi connectivity index (χ4v) is 2.95. The van der Waals surface area contributed by atoms with Crippen LogP contribution >= 0.6 is 11.6 Å². The molecule has 0 N–H and O–H groups in total. The summed E-state index contributed by atoms with van der Waals surface area (Å²) in [6.07, 6.45) is 2.42. The van der Waals surface area contributed by atoms with E-state index in [1.807, 2.05) is 45.9 Å². The molecule has 8 heteroatoms. The van der Waals surface area contributed by atoms with Gasteiger partial charge in [0.25, 0.3) is 0 Å². The van der Waals surface area contributed by atoms with Crippen LogP contribution in [0, 0.1) is 0 Å². The van der Waals surface area contributed by atoms with Crippen molar-refractivity contribution in [2.45, 2.75) is 58.2 Å². The van der Waals surface area contributed by atoms with Gasteiger partial charge in [-0.3, -0.25) is 9.48 Å². The Bertz CT molecular complexity index is 803. The van der Waals surface area contributed by atoms with Crippen molar-refractivity contribution >= 4 is 17.9 Å². The molecule has 1 fully saturated rings. The molecule has 1 aliphatic heterocycles. The molecule has 1 aromatic carbocycles. The first kappa shape index (κ1) is 19.8. The van der Waals surface area contributed by atoms with E-state index in [1.54, 1.807) is 10.9 Å². The zero-order valence-corrected chi connectivity index (χ0v) is 16.7. The maximum absolute atomic E-state index is 10.6. The summed E-state index contributed by atoms with van der Waals surface area (Å²) in [6.45, 7) is 9.05. The van der Waals surface area contributed by atoms with Gasteiger partial charge in [0.2, 0.25) is 0 Å². The predicted molar refractivity (Wildman–Crippen MR) is 100 cm³/mol. The highest BCUT2D eigenvalue weighted by Crippen LogP contribution is 2.47. The Morgan fingerprint density at radius 1 is 1.26 bits per heavy atom. The van der Waals surface area contributed by atoms with Crippen molar-refractivity contribution in [2.75, 3.05) is 6.61 Å². The molecular weight excluding hydrogens is 370 g/mol. The summed E-state index contributed by atoms with van der Waals surface area (Å²) < 4.78 is 19.6. The van der Waals surface area contributed by atoms with Crippen LogP contribution in [0.2, 0.25) is 5.02 Å². The third-order valence-corrected chi connectivity index (χ3v) is 5.37. The lowest BCUT2D eigenvalue weighted by Crippen LogP contribution is -2.41. The van der Waals surface area contributed by atoms with Crippen LogP contribution in [0.4, 0.5) is 0 Å². The smallest absolute Gasteiger partial charge is 0.186 e. The average molecular weight is 394 g/mol. The molecule has 1 saturated heterocycles. The molecule has 0 amide bonds. The topological polar surface area (TPSA) is 75.5 Å². The van der Waals surface area contributed by atoms with Gasteiger partial charge in [-0.05, 0) is 33.8 Å². The Hall–Kier alpha value is -1.96. The van der Waals surface area contributed by atoms with Crippen molar-refractivity contribution in [2.24, 2.45) is 0 Å². The summed E-state index contributed by atoms with van der Waals surface area (Å²) in [7, 11) is 0. The second kappa shape index (κ2) is 7.58. The van der Waals surface area contributed by atoms with Gasteiger partial charge >= 0.3 is 0 Å². The first-order valence-corrected chi connectivity index (χ1v) is 9.23. The van der Waals surface area contributed by atoms with E-state index in [0.29, 0.717) is 42.3 Å². The summed E-state index contributed by atoms with van der Waals surface area (Å²) in [4.78, 5) is 10.6. The molecule has 1 aromatic heterocycles. The fourth-order valence-electron chi connectivity index (χ4n) is 2.68. The van der Waals surface area contributed by atoms with Crippen LogP contribution in [-0.4, -0.2) is 39.1 Å². The van der Waals surface area contributed by atoms with E-state index in [4.69, 9.17) is 25.8 Å². The summed E-state index contributed by atoms with van der Waals surface area (Å²) >= 11 is 6.54. The van der Waals surface area contributed by atoms with Crippen molar-refractivity contribution in [1.29, 1.82) is 0 Å². The van der Waals surface area contributed by atoms with Crippen molar-refractivity contribution < 1.29 is 19.0 Å². The molecule has 146 valence electrons. The zero-order valence-electron chi connectivity index (χ0n) is 15.9. The maximum atomic E-state index is 10.6. The molecule has 1 aliphatic rings. The minimum atomic E-state index is -0.539. The van der Waals surface area contributed by atoms with Gasteiger partial charge in [0.1, 0.15) is 11.4 Å². The first-order valence-electron chi connectivity index (χ1n) is 8.86. The number of benzene rings is 1. The molecule has 27 heavy (non-hydrogen) atoms. The minimum absolute atomic E-state index is 0.314. The molecule has 0 bridgehead atoms. The van der Waals surface area contributed by atoms with E-state index in [2.05, 4.69) is 10.3 Å². The highest BCUT2D eigenvalue weighted by Gasteiger charge is 2.50. The van der Waals surface area contributed by atoms with E-state index >= 15 is 0 Å². The highest BCUT2D eigenvalue weighted by molar-refractivity contribution is 6.32. The molecule has 3 rings (SSSR count). The summed E-state index contributed by atoms with van der Waals surface area (Å²) in [5.41, 5.74) is 0.195. The van der Waals surface area contributed by atoms with Gasteiger partial charge in [-0.1, -0.05) is 28.9 Å². The quantitative estimate of drug-likeness (QED) is 0.526. The van der Waals surface area contributed by atoms with E-state index in [0.717, 1.165) is 5.56 Å². The molecule has 0 aliphatic carbocycles. The standard InChI is InChI=1S/C19H24ClN3O4/c1-18(2)19(3,4)27-17(26-18)14-7-5-8-15(16(14)20)25-10-6-9-23-11-13(12-24)21-22-23/h5,7-8,11-12,17H,6,9-10H2,1-4H3. The zero-order chi connectivity index (χ0) is 19.7. The number of halogens is 1. The number of ether oxygens (including phenoxy) is 3. The molecule has 0 radical (unpaired) electrons. The highest BCUT2D eigenvalue weighted by atomic mass is 35.5. The number of hydrogen-bond acceptors (Lipinski definition) is 6. The van der Waals surface area contributed by atoms with Crippen LogP contribution in [0.5, 0.6) is 5.75 Å². The lowest BCUT2D eigenvalue weighted by atomic mass is 9.90. The number of nitrogens with zero attached hydrogens (tertiary/aromatic N) is 3. The lowest BCUT2D eigenvalue weighted by Gasteiger charge is -2.30. The van der Waals surface area contributed by atoms with E-state index in [-0.39, 0.29) is 0 Å². The molecule has 2 heterocycles. The Labute approximate surface area is 163 Å². The fraction of sp³-hybridized carbons (Fsp3) is 0.526. The average Bonchev–Trinajstić information content (AvgIpc) is 3.14. The molecule has 2 aromatic rings. The molecule has 0 atom stereocenters. The van der Waals surface area contributed by atoms with Gasteiger partial charge < -0.3 is 14.2 Å². The molecule has 0 saturated carbocycles. The normalized spacial score (nSPS) is 18.6. The van der Waals surface area contributed by atoms with Crippen LogP contribution in [-0.2, 0) is 16.0 Å². The van der Waals surface area contributed by atoms with Gasteiger partial charge in [0.15, 0.2) is 12.6 Å². The van der Waals surface area contributed by atoms with Gasteiger partial charge in [-0.25, -0.2) is 0 Å². The summed E-state index contributed by atoms with van der Waals surface area (Å²) in [5.74, 6) is 0.580. The number of carbonyl (C=O) groups excluding carboxylic acids is 1. The van der Waals surface area contributed by atoms with Crippen LogP contribution in [0.1, 0.15) is 56.5 Å². The van der Waals surface area contributed by atoms with Gasteiger partial charge in [0, 0.05) is 18.5 Å². The molecular formula is C19H24ClN3O4. The molecule has 7 nitrogen and oxygen atoms in total. The number of rotatable bonds is 7. The van der Waals surface area contributed by atoms with Crippen LogP contribution in [0.25, 0.3) is 0 Å². The maximum Gasteiger partial charge on any atom is 0.186 e. The molecule has 0 spiro atoms. The monoisotopic (exact) mass is 393 g/mol. The largest absolute Gasteiger partial charge is 0.492 e. The number of carbonyl (C=O) groups is 1. The Morgan fingerprint density at radius 3 is 2.59 bits per heavy atom. The van der Waals surface area contributed by atoms with Crippen molar-refractivity contribution in [3.8, 4) is 5.75 Å². The second-order valence-electron chi connectivity index (χ2n) is 7.47. The Morgan fingerprint density at radius 2 is 1.96 bits per heavy atom. The Kier molecular flexibility index (Phi) is 5.55. The number of aldehydes is 1. The van der Waals surface area contributed by atoms with Crippen molar-refractivity contribution in [3.63, 3.8) is 0 Å². The van der Waals surface area contributed by atoms with Gasteiger partial charge in [0.05, 0.1) is 29.0 Å². The van der Waals surface area contributed by atoms with Crippen LogP contribution in [0.3, 0.4) is 0 Å².